The maximum atomic E-state index is 14.7. The number of anilines is 3. The molecule has 0 bridgehead atoms. The predicted molar refractivity (Wildman–Crippen MR) is 386 cm³/mol. The van der Waals surface area contributed by atoms with Gasteiger partial charge in [0.2, 0.25) is 11.9 Å². The Morgan fingerprint density at radius 1 is 0.491 bits per heavy atom. The molecule has 106 heavy (non-hydrogen) atoms. The summed E-state index contributed by atoms with van der Waals surface area (Å²) in [4.78, 5) is 129. The summed E-state index contributed by atoms with van der Waals surface area (Å²) in [7, 11) is 0. The van der Waals surface area contributed by atoms with Crippen LogP contribution in [0.25, 0.3) is 22.3 Å². The number of aromatic amines is 4. The Kier molecular flexibility index (Phi) is 24.0. The number of fused-ring (bicyclic) bond motifs is 2. The molecule has 0 spiro atoms. The van der Waals surface area contributed by atoms with Gasteiger partial charge in [0.25, 0.3) is 22.2 Å². The number of imidazole rings is 2. The number of thiol groups is 5. The van der Waals surface area contributed by atoms with Gasteiger partial charge in [-0.25, -0.2) is 47.2 Å². The van der Waals surface area contributed by atoms with Crippen molar-refractivity contribution in [3.05, 3.63) is 121 Å². The molecule has 12 rings (SSSR count). The number of aromatic nitrogens is 14. The highest BCUT2D eigenvalue weighted by Crippen LogP contribution is 2.62. The molecule has 0 radical (unpaired) electrons. The van der Waals surface area contributed by atoms with Crippen LogP contribution in [-0.4, -0.2) is 161 Å². The third kappa shape index (κ3) is 18.8. The topological polar surface area (TPSA) is 585 Å². The average Bonchev–Trinajstić information content (AvgIpc) is 1.64. The molecule has 0 saturated carbocycles. The molecule has 580 valence electrons. The van der Waals surface area contributed by atoms with Crippen molar-refractivity contribution in [2.45, 2.75) is 146 Å². The van der Waals surface area contributed by atoms with E-state index in [0.29, 0.717) is 6.42 Å². The first-order valence-corrected chi connectivity index (χ1v) is 45.3. The molecule has 12 heterocycles. The Bertz CT molecular complexity index is 5190. The summed E-state index contributed by atoms with van der Waals surface area (Å²) in [5.41, 5.74) is 11.8. The number of hydrogen-bond donors (Lipinski definition) is 13. The van der Waals surface area contributed by atoms with Crippen molar-refractivity contribution in [1.82, 2.24) is 67.7 Å². The Morgan fingerprint density at radius 3 is 1.19 bits per heavy atom. The molecule has 0 aromatic carbocycles. The highest BCUT2D eigenvalue weighted by atomic mass is 32.7. The Balaban J connectivity index is 0.755. The van der Waals surface area contributed by atoms with Crippen LogP contribution in [0.5, 0.6) is 0 Å². The van der Waals surface area contributed by atoms with Gasteiger partial charge in [-0.1, -0.05) is 75.1 Å². The Labute approximate surface area is 620 Å². The molecule has 5 fully saturated rings. The number of H-pyrrole nitrogens is 4. The van der Waals surface area contributed by atoms with E-state index in [1.165, 1.54) is 64.9 Å². The van der Waals surface area contributed by atoms with E-state index in [1.54, 1.807) is 0 Å². The largest absolute Gasteiger partial charge is 0.386 e. The van der Waals surface area contributed by atoms with Crippen LogP contribution in [0.2, 0.25) is 0 Å². The second-order valence-corrected chi connectivity index (χ2v) is 39.5. The van der Waals surface area contributed by atoms with Crippen LogP contribution < -0.4 is 56.5 Å². The first-order valence-electron chi connectivity index (χ1n) is 31.8. The zero-order valence-electron chi connectivity index (χ0n) is 55.5. The molecule has 5 saturated heterocycles. The van der Waals surface area contributed by atoms with Gasteiger partial charge in [0, 0.05) is 55.4 Å². The lowest BCUT2D eigenvalue weighted by atomic mass is 9.89. The summed E-state index contributed by atoms with van der Waals surface area (Å²) in [6.07, 6.45) is -12.5. The zero-order valence-corrected chi connectivity index (χ0v) is 64.5. The number of hydrogen-bond acceptors (Lipinski definition) is 34. The molecular formula is C52H70N17O27P5S5. The van der Waals surface area contributed by atoms with Crippen LogP contribution in [0, 0.1) is 25.7 Å². The van der Waals surface area contributed by atoms with Crippen LogP contribution in [0.1, 0.15) is 88.2 Å². The van der Waals surface area contributed by atoms with Gasteiger partial charge < -0.3 is 45.8 Å². The number of nitrogens with one attached hydrogen (secondary N) is 4. The van der Waals surface area contributed by atoms with Crippen molar-refractivity contribution in [1.29, 1.82) is 0 Å². The van der Waals surface area contributed by atoms with E-state index in [4.69, 9.17) is 81.6 Å². The second kappa shape index (κ2) is 31.8. The average molecular weight is 1680 g/mol. The number of nitrogens with two attached hydrogens (primary N) is 3. The van der Waals surface area contributed by atoms with Crippen molar-refractivity contribution in [3.63, 3.8) is 0 Å². The molecule has 0 aliphatic carbocycles. The molecule has 7 aromatic rings. The molecule has 5 aliphatic heterocycles. The van der Waals surface area contributed by atoms with Gasteiger partial charge >= 0.3 is 51.1 Å². The fourth-order valence-electron chi connectivity index (χ4n) is 12.5. The zero-order chi connectivity index (χ0) is 76.4. The maximum absolute atomic E-state index is 14.7. The SMILES string of the molecule is Cc1cn([C@H]2C[C@@H](OP(=O)(S)OCC3O[C@@H](n4cnc5c(=O)[nH]c(N)nc54)C[C@H]3OP(=O)(S)OCC3O[C@@H](n4cc(C)c(=O)[nH]c4=O)C[C@H]3OP(=O)(S)OCC3O[C@@H](n4ccc(N)nc4=O)C[C@H]3C(C)C)C(COP(=O)(S)O[C@@H]3C[C@H](n4cnc5c(=O)[nH]c(N)nc54)OC3COP(=O)(O)S)O2)c(=O)[nH]c1=O. The first kappa shape index (κ1) is 80.2. The highest BCUT2D eigenvalue weighted by Gasteiger charge is 2.50. The second-order valence-electron chi connectivity index (χ2n) is 25.2. The lowest BCUT2D eigenvalue weighted by molar-refractivity contribution is -0.0522. The van der Waals surface area contributed by atoms with E-state index >= 15 is 0 Å². The van der Waals surface area contributed by atoms with Gasteiger partial charge in [-0.3, -0.25) is 103 Å². The number of nitrogens with zero attached hydrogens (tertiary/aromatic N) is 10. The van der Waals surface area contributed by atoms with E-state index in [-0.39, 0.29) is 95.3 Å². The van der Waals surface area contributed by atoms with E-state index in [0.717, 1.165) is 9.13 Å². The molecule has 20 atom stereocenters. The van der Waals surface area contributed by atoms with Gasteiger partial charge in [0.15, 0.2) is 22.3 Å². The van der Waals surface area contributed by atoms with Crippen LogP contribution in [0.4, 0.5) is 17.7 Å². The first-order chi connectivity index (χ1) is 49.7. The number of ether oxygens (including phenoxy) is 5. The summed E-state index contributed by atoms with van der Waals surface area (Å²) in [6, 6.07) is 1.43. The maximum Gasteiger partial charge on any atom is 0.386 e. The Hall–Kier alpha value is -5.36. The van der Waals surface area contributed by atoms with Gasteiger partial charge in [0.1, 0.15) is 85.8 Å². The summed E-state index contributed by atoms with van der Waals surface area (Å²) in [5, 5.41) is 0. The lowest BCUT2D eigenvalue weighted by Crippen LogP contribution is -2.33. The standard InChI is InChI=1S/C52H70N17O27P5S5/c1-21(2)24-7-35(65-6-5-34(53)58-50(65)74)88-29(24)14-84-98(79,103)93-25-8-36(66-12-22(3)44(70)63-51(66)75)89-31(25)16-86-101(82,106)96-28-11-39(69-20-57-41-43(69)60-49(55)62-47(41)73)92-33(28)18-87-99(80,104)94-26-9-37(67-13-23(4)45(71)64-52(67)76)90-32(26)17-85-100(81,105)95-27-10-38(91-30(27)15-83-97(77,78)102)68-19-56-40-42(68)59-48(54)61-46(40)72/h5-6,12-13,19-21,24-33,35-39H,7-11,14-18H2,1-4H3,(H,79,103)(H,80,104)(H,81,105)(H,82,106)(H2,53,58,74)(H,63,70,75)(H,64,71,76)(H2,77,78,102)(H3,54,59,61,72)(H3,55,60,62,73)/t24-,25+,26+,27+,28+,29?,30?,31?,32?,33?,35+,36+,37+,38+,39+,98?,99?,100?,101?/m0/s1. The van der Waals surface area contributed by atoms with Crippen LogP contribution in [0.15, 0.2) is 70.9 Å². The summed E-state index contributed by atoms with van der Waals surface area (Å²) in [5.74, 6) is -0.853. The number of rotatable bonds is 29. The molecule has 10 unspecified atom stereocenters. The molecule has 7 aromatic heterocycles. The van der Waals surface area contributed by atoms with Gasteiger partial charge in [-0.2, -0.15) is 15.0 Å². The smallest absolute Gasteiger partial charge is 0.383 e. The monoisotopic (exact) mass is 1680 g/mol. The molecule has 5 aliphatic rings. The van der Waals surface area contributed by atoms with Crippen molar-refractivity contribution >= 4 is 135 Å². The van der Waals surface area contributed by atoms with Gasteiger partial charge in [-0.15, -0.1) is 0 Å². The fourth-order valence-corrected chi connectivity index (χ4v) is 19.1. The van der Waals surface area contributed by atoms with Crippen molar-refractivity contribution < 1.29 is 92.1 Å². The molecular weight excluding hydrogens is 1610 g/mol. The molecule has 11 N–H and O–H groups in total. The van der Waals surface area contributed by atoms with E-state index in [9.17, 15) is 61.3 Å². The van der Waals surface area contributed by atoms with E-state index < -0.39 is 186 Å². The molecule has 54 heteroatoms. The summed E-state index contributed by atoms with van der Waals surface area (Å²) in [6.45, 7) is -20.0. The highest BCUT2D eigenvalue weighted by molar-refractivity contribution is 8.45. The molecule has 44 nitrogen and oxygen atoms in total. The van der Waals surface area contributed by atoms with Crippen LogP contribution in [0.3, 0.4) is 0 Å². The van der Waals surface area contributed by atoms with Crippen LogP contribution in [-0.2, 0) is 87.2 Å². The molecule has 0 amide bonds. The van der Waals surface area contributed by atoms with E-state index in [1.807, 2.05) is 13.8 Å². The summed E-state index contributed by atoms with van der Waals surface area (Å²) >= 11 is 20.6. The minimum Gasteiger partial charge on any atom is -0.383 e. The quantitative estimate of drug-likeness (QED) is 0.0236. The van der Waals surface area contributed by atoms with Gasteiger partial charge in [0.05, 0.1) is 51.8 Å². The van der Waals surface area contributed by atoms with Gasteiger partial charge in [-0.05, 0) is 38.2 Å². The Morgan fingerprint density at radius 2 is 0.830 bits per heavy atom. The van der Waals surface area contributed by atoms with Crippen molar-refractivity contribution in [3.8, 4) is 0 Å². The number of aryl methyl sites for hydroxylation is 2. The van der Waals surface area contributed by atoms with Crippen LogP contribution >= 0.6 is 95.2 Å². The summed E-state index contributed by atoms with van der Waals surface area (Å²) < 4.78 is 160. The number of nitrogen functional groups attached to an aromatic ring is 3. The van der Waals surface area contributed by atoms with Crippen molar-refractivity contribution in [2.75, 3.05) is 50.2 Å². The van der Waals surface area contributed by atoms with E-state index in [2.05, 4.69) is 106 Å². The minimum atomic E-state index is -4.81. The third-order valence-electron chi connectivity index (χ3n) is 17.5. The normalized spacial score (nSPS) is 29.2. The predicted octanol–water partition coefficient (Wildman–Crippen LogP) is 3.49. The fraction of sp³-hybridized carbons (Fsp3) is 0.577. The third-order valence-corrected chi connectivity index (χ3v) is 24.9. The lowest BCUT2D eigenvalue weighted by Gasteiger charge is -2.27. The van der Waals surface area contributed by atoms with Crippen molar-refractivity contribution in [2.24, 2.45) is 11.8 Å². The minimum absolute atomic E-state index is 0.00728.